The van der Waals surface area contributed by atoms with E-state index in [0.29, 0.717) is 18.0 Å². The first-order valence-corrected chi connectivity index (χ1v) is 12.8. The van der Waals surface area contributed by atoms with Crippen LogP contribution in [0.5, 0.6) is 0 Å². The number of aromatic nitrogens is 2. The van der Waals surface area contributed by atoms with Crippen molar-refractivity contribution in [1.82, 2.24) is 14.7 Å². The minimum atomic E-state index is -3.23. The highest BCUT2D eigenvalue weighted by molar-refractivity contribution is 7.90. The maximum absolute atomic E-state index is 11.8. The summed E-state index contributed by atoms with van der Waals surface area (Å²) in [6.45, 7) is 6.25. The number of sulfone groups is 1. The molecule has 0 unspecified atom stereocenters. The van der Waals surface area contributed by atoms with Crippen molar-refractivity contribution in [3.63, 3.8) is 0 Å². The first-order valence-electron chi connectivity index (χ1n) is 10.9. The quantitative estimate of drug-likeness (QED) is 0.623. The lowest BCUT2D eigenvalue weighted by molar-refractivity contribution is 0.483. The summed E-state index contributed by atoms with van der Waals surface area (Å²) < 4.78 is 25.6. The number of hydrogen-bond acceptors (Lipinski definition) is 7. The van der Waals surface area contributed by atoms with Gasteiger partial charge in [-0.15, -0.1) is 0 Å². The third-order valence-corrected chi connectivity index (χ3v) is 7.06. The Balaban J connectivity index is 1.56. The number of rotatable bonds is 5. The minimum absolute atomic E-state index is 0.177. The average molecular weight is 465 g/mol. The second-order valence-electron chi connectivity index (χ2n) is 9.38. The molecule has 2 aromatic carbocycles. The molecule has 0 bridgehead atoms. The molecule has 8 nitrogen and oxygen atoms in total. The molecule has 0 spiro atoms. The van der Waals surface area contributed by atoms with Crippen LogP contribution in [0.4, 0.5) is 17.3 Å². The van der Waals surface area contributed by atoms with Gasteiger partial charge in [-0.05, 0) is 43.7 Å². The number of nitrogens with zero attached hydrogens (tertiary/aromatic N) is 5. The Hall–Kier alpha value is -3.33. The number of hydrogen-bond donors (Lipinski definition) is 1. The van der Waals surface area contributed by atoms with Gasteiger partial charge >= 0.3 is 0 Å². The Morgan fingerprint density at radius 3 is 2.42 bits per heavy atom. The molecule has 2 aliphatic rings. The molecule has 0 atom stereocenters. The lowest BCUT2D eigenvalue weighted by Crippen LogP contribution is -2.44. The van der Waals surface area contributed by atoms with Crippen LogP contribution in [0.3, 0.4) is 0 Å². The van der Waals surface area contributed by atoms with Crippen LogP contribution in [-0.4, -0.2) is 54.4 Å². The predicted octanol–water partition coefficient (Wildman–Crippen LogP) is 3.48. The van der Waals surface area contributed by atoms with Crippen LogP contribution in [0.25, 0.3) is 0 Å². The van der Waals surface area contributed by atoms with Gasteiger partial charge in [0.1, 0.15) is 5.82 Å². The summed E-state index contributed by atoms with van der Waals surface area (Å²) in [5.41, 5.74) is 2.90. The van der Waals surface area contributed by atoms with Crippen molar-refractivity contribution < 1.29 is 8.42 Å². The normalized spacial score (nSPS) is 16.9. The Kier molecular flexibility index (Phi) is 4.97. The fourth-order valence-corrected chi connectivity index (χ4v) is 5.00. The van der Waals surface area contributed by atoms with Crippen LogP contribution in [0.1, 0.15) is 25.0 Å². The van der Waals surface area contributed by atoms with Crippen LogP contribution >= 0.6 is 0 Å². The molecule has 0 saturated carbocycles. The first-order chi connectivity index (χ1) is 15.6. The molecule has 9 heteroatoms. The Morgan fingerprint density at radius 1 is 1.06 bits per heavy atom. The van der Waals surface area contributed by atoms with Crippen molar-refractivity contribution in [3.05, 3.63) is 65.7 Å². The van der Waals surface area contributed by atoms with Crippen LogP contribution < -0.4 is 10.2 Å². The zero-order chi connectivity index (χ0) is 23.4. The van der Waals surface area contributed by atoms with E-state index in [1.165, 1.54) is 6.26 Å². The number of fused-ring (bicyclic) bond motifs is 3. The van der Waals surface area contributed by atoms with E-state index in [1.807, 2.05) is 47.1 Å². The zero-order valence-corrected chi connectivity index (χ0v) is 20.1. The fraction of sp³-hybridized carbons (Fsp3) is 0.333. The van der Waals surface area contributed by atoms with Crippen LogP contribution in [-0.2, 0) is 22.9 Å². The smallest absolute Gasteiger partial charge is 0.203 e. The molecule has 0 fully saturated rings. The number of benzene rings is 2. The number of anilines is 3. The molecule has 0 saturated heterocycles. The number of guanidine groups is 1. The maximum atomic E-state index is 11.8. The summed E-state index contributed by atoms with van der Waals surface area (Å²) in [6.07, 6.45) is 1.22. The van der Waals surface area contributed by atoms with E-state index in [2.05, 4.69) is 36.0 Å². The van der Waals surface area contributed by atoms with Gasteiger partial charge in [0.25, 0.3) is 0 Å². The zero-order valence-electron chi connectivity index (χ0n) is 19.3. The molecule has 172 valence electrons. The molecule has 0 radical (unpaired) electrons. The van der Waals surface area contributed by atoms with E-state index < -0.39 is 9.84 Å². The number of para-hydroxylation sites is 1. The number of aliphatic imine (C=N–C) groups is 1. The molecule has 1 N–H and O–H groups in total. The Bertz CT molecular complexity index is 1330. The summed E-state index contributed by atoms with van der Waals surface area (Å²) in [5, 5.41) is 8.58. The van der Waals surface area contributed by atoms with Crippen molar-refractivity contribution >= 4 is 33.1 Å². The van der Waals surface area contributed by atoms with E-state index in [9.17, 15) is 8.42 Å². The molecular formula is C24H28N6O2S. The molecule has 0 aliphatic carbocycles. The molecule has 3 heterocycles. The van der Waals surface area contributed by atoms with Gasteiger partial charge in [0, 0.05) is 19.0 Å². The Labute approximate surface area is 194 Å². The van der Waals surface area contributed by atoms with Crippen molar-refractivity contribution in [2.45, 2.75) is 37.4 Å². The largest absolute Gasteiger partial charge is 0.341 e. The van der Waals surface area contributed by atoms with Gasteiger partial charge in [-0.2, -0.15) is 5.10 Å². The maximum Gasteiger partial charge on any atom is 0.203 e. The predicted molar refractivity (Wildman–Crippen MR) is 131 cm³/mol. The molecular weight excluding hydrogens is 436 g/mol. The van der Waals surface area contributed by atoms with E-state index in [1.54, 1.807) is 12.1 Å². The highest BCUT2D eigenvalue weighted by Crippen LogP contribution is 2.38. The van der Waals surface area contributed by atoms with E-state index in [0.717, 1.165) is 41.0 Å². The second kappa shape index (κ2) is 7.62. The van der Waals surface area contributed by atoms with Crippen molar-refractivity contribution in [1.29, 1.82) is 0 Å². The molecule has 1 aromatic heterocycles. The topological polar surface area (TPSA) is 82.8 Å². The standard InChI is InChI=1S/C24H28N6O2S/c1-24(2)16-29-22-20(15-28(3)23(29)26-24)21(25-18-8-6-5-7-9-18)30(27-22)14-17-10-12-19(13-11-17)33(4,31)32/h5-13,25H,14-16H2,1-4H3. The van der Waals surface area contributed by atoms with Crippen molar-refractivity contribution in [3.8, 4) is 0 Å². The fourth-order valence-electron chi connectivity index (χ4n) is 4.37. The van der Waals surface area contributed by atoms with Gasteiger partial charge < -0.3 is 10.2 Å². The van der Waals surface area contributed by atoms with Crippen LogP contribution in [0, 0.1) is 0 Å². The molecule has 0 amide bonds. The monoisotopic (exact) mass is 464 g/mol. The molecule has 3 aromatic rings. The summed E-state index contributed by atoms with van der Waals surface area (Å²) in [5.74, 6) is 2.79. The third kappa shape index (κ3) is 4.08. The van der Waals surface area contributed by atoms with Gasteiger partial charge in [-0.1, -0.05) is 30.3 Å². The summed E-state index contributed by atoms with van der Waals surface area (Å²) in [4.78, 5) is 9.58. The van der Waals surface area contributed by atoms with Gasteiger partial charge in [0.2, 0.25) is 5.96 Å². The lowest BCUT2D eigenvalue weighted by Gasteiger charge is -2.32. The van der Waals surface area contributed by atoms with E-state index in [4.69, 9.17) is 10.1 Å². The number of nitrogens with one attached hydrogen (secondary N) is 1. The van der Waals surface area contributed by atoms with E-state index in [-0.39, 0.29) is 5.54 Å². The van der Waals surface area contributed by atoms with Crippen LogP contribution in [0.15, 0.2) is 64.5 Å². The molecule has 2 aliphatic heterocycles. The lowest BCUT2D eigenvalue weighted by atomic mass is 10.1. The summed E-state index contributed by atoms with van der Waals surface area (Å²) >= 11 is 0. The van der Waals surface area contributed by atoms with Gasteiger partial charge in [0.15, 0.2) is 15.7 Å². The highest BCUT2D eigenvalue weighted by atomic mass is 32.2. The SMILES string of the molecule is CN1Cc2c(nn(Cc3ccc(S(C)(=O)=O)cc3)c2Nc2ccccc2)N2CC(C)(C)N=C12. The van der Waals surface area contributed by atoms with Gasteiger partial charge in [-0.3, -0.25) is 4.90 Å². The molecule has 5 rings (SSSR count). The van der Waals surface area contributed by atoms with Crippen LogP contribution in [0.2, 0.25) is 0 Å². The van der Waals surface area contributed by atoms with Gasteiger partial charge in [0.05, 0.1) is 35.6 Å². The minimum Gasteiger partial charge on any atom is -0.341 e. The second-order valence-corrected chi connectivity index (χ2v) is 11.4. The van der Waals surface area contributed by atoms with E-state index >= 15 is 0 Å². The molecule has 33 heavy (non-hydrogen) atoms. The Morgan fingerprint density at radius 2 is 1.76 bits per heavy atom. The van der Waals surface area contributed by atoms with Gasteiger partial charge in [-0.25, -0.2) is 18.1 Å². The van der Waals surface area contributed by atoms with Crippen molar-refractivity contribution in [2.75, 3.05) is 30.1 Å². The van der Waals surface area contributed by atoms with Crippen molar-refractivity contribution in [2.24, 2.45) is 4.99 Å². The average Bonchev–Trinajstić information content (AvgIpc) is 3.26. The summed E-state index contributed by atoms with van der Waals surface area (Å²) in [7, 11) is -1.17. The highest BCUT2D eigenvalue weighted by Gasteiger charge is 2.41. The first kappa shape index (κ1) is 21.5. The third-order valence-electron chi connectivity index (χ3n) is 5.93. The summed E-state index contributed by atoms with van der Waals surface area (Å²) in [6, 6.07) is 17.1.